The van der Waals surface area contributed by atoms with Crippen molar-refractivity contribution in [2.24, 2.45) is 0 Å². The molecule has 150 valence electrons. The lowest BCUT2D eigenvalue weighted by Crippen LogP contribution is -2.45. The third kappa shape index (κ3) is 4.22. The smallest absolute Gasteiger partial charge is 0.243 e. The molecule has 9 heteroatoms. The zero-order chi connectivity index (χ0) is 19.1. The minimum atomic E-state index is -3.58. The Morgan fingerprint density at radius 3 is 1.89 bits per heavy atom. The number of benzene rings is 1. The molecule has 2 saturated heterocycles. The van der Waals surface area contributed by atoms with Crippen LogP contribution in [-0.2, 0) is 20.0 Å². The van der Waals surface area contributed by atoms with Crippen LogP contribution in [0.4, 0.5) is 0 Å². The first-order chi connectivity index (χ1) is 12.9. The van der Waals surface area contributed by atoms with E-state index in [9.17, 15) is 16.8 Å². The summed E-state index contributed by atoms with van der Waals surface area (Å²) in [6.45, 7) is 3.30. The van der Waals surface area contributed by atoms with Gasteiger partial charge in [-0.25, -0.2) is 21.6 Å². The largest absolute Gasteiger partial charge is 0.300 e. The highest BCUT2D eigenvalue weighted by Gasteiger charge is 2.33. The van der Waals surface area contributed by atoms with Crippen LogP contribution in [0.25, 0.3) is 0 Å². The van der Waals surface area contributed by atoms with Crippen molar-refractivity contribution in [2.75, 3.05) is 26.2 Å². The van der Waals surface area contributed by atoms with Crippen LogP contribution >= 0.6 is 0 Å². The normalized spacial score (nSPS) is 23.7. The van der Waals surface area contributed by atoms with Gasteiger partial charge < -0.3 is 4.90 Å². The average molecular weight is 414 g/mol. The molecule has 1 N–H and O–H groups in total. The van der Waals surface area contributed by atoms with Gasteiger partial charge in [-0.3, -0.25) is 0 Å². The molecule has 7 nitrogen and oxygen atoms in total. The maximum atomic E-state index is 12.9. The Bertz CT molecular complexity index is 866. The van der Waals surface area contributed by atoms with Gasteiger partial charge >= 0.3 is 0 Å². The van der Waals surface area contributed by atoms with E-state index in [2.05, 4.69) is 9.62 Å². The number of likely N-dealkylation sites (tertiary alicyclic amines) is 1. The van der Waals surface area contributed by atoms with E-state index in [1.54, 1.807) is 0 Å². The van der Waals surface area contributed by atoms with Gasteiger partial charge in [0.1, 0.15) is 0 Å². The first kappa shape index (κ1) is 19.3. The SMILES string of the molecule is O=S(=O)(NC1CC1)c1ccc(S(=O)(=O)N2CCC(N3CCCC3)CC2)cc1. The van der Waals surface area contributed by atoms with E-state index in [1.807, 2.05) is 0 Å². The van der Waals surface area contributed by atoms with Crippen molar-refractivity contribution < 1.29 is 16.8 Å². The Kier molecular flexibility index (Phi) is 5.32. The minimum absolute atomic E-state index is 0.0234. The van der Waals surface area contributed by atoms with Gasteiger partial charge in [0.2, 0.25) is 20.0 Å². The predicted molar refractivity (Wildman–Crippen MR) is 102 cm³/mol. The van der Waals surface area contributed by atoms with Gasteiger partial charge in [-0.15, -0.1) is 0 Å². The van der Waals surface area contributed by atoms with E-state index in [-0.39, 0.29) is 15.8 Å². The zero-order valence-electron chi connectivity index (χ0n) is 15.4. The molecule has 4 rings (SSSR count). The Balaban J connectivity index is 1.42. The highest BCUT2D eigenvalue weighted by molar-refractivity contribution is 7.89. The molecular weight excluding hydrogens is 386 g/mol. The fourth-order valence-corrected chi connectivity index (χ4v) is 6.76. The van der Waals surface area contributed by atoms with Gasteiger partial charge in [-0.2, -0.15) is 4.31 Å². The van der Waals surface area contributed by atoms with Crippen LogP contribution < -0.4 is 4.72 Å². The van der Waals surface area contributed by atoms with Gasteiger partial charge in [0.05, 0.1) is 9.79 Å². The number of rotatable bonds is 6. The summed E-state index contributed by atoms with van der Waals surface area (Å²) in [7, 11) is -7.15. The van der Waals surface area contributed by atoms with E-state index in [0.29, 0.717) is 19.1 Å². The van der Waals surface area contributed by atoms with Crippen molar-refractivity contribution in [1.82, 2.24) is 13.9 Å². The summed E-state index contributed by atoms with van der Waals surface area (Å²) in [5.74, 6) is 0. The minimum Gasteiger partial charge on any atom is -0.300 e. The fraction of sp³-hybridized carbons (Fsp3) is 0.667. The van der Waals surface area contributed by atoms with Crippen LogP contribution in [0.5, 0.6) is 0 Å². The number of nitrogens with zero attached hydrogens (tertiary/aromatic N) is 2. The lowest BCUT2D eigenvalue weighted by molar-refractivity contribution is 0.168. The van der Waals surface area contributed by atoms with Crippen LogP contribution in [0.2, 0.25) is 0 Å². The molecule has 1 aromatic carbocycles. The number of piperidine rings is 1. The molecule has 3 fully saturated rings. The topological polar surface area (TPSA) is 86.8 Å². The lowest BCUT2D eigenvalue weighted by Gasteiger charge is -2.36. The summed E-state index contributed by atoms with van der Waals surface area (Å²) in [5, 5.41) is 0. The average Bonchev–Trinajstić information content (AvgIpc) is 3.29. The molecular formula is C18H27N3O4S2. The fourth-order valence-electron chi connectivity index (χ4n) is 3.98. The zero-order valence-corrected chi connectivity index (χ0v) is 17.0. The van der Waals surface area contributed by atoms with Crippen LogP contribution in [-0.4, -0.2) is 64.3 Å². The Hall–Kier alpha value is -1.00. The number of hydrogen-bond donors (Lipinski definition) is 1. The van der Waals surface area contributed by atoms with Gasteiger partial charge in [-0.05, 0) is 75.9 Å². The highest BCUT2D eigenvalue weighted by atomic mass is 32.2. The summed E-state index contributed by atoms with van der Waals surface area (Å²) in [4.78, 5) is 2.75. The molecule has 0 bridgehead atoms. The van der Waals surface area contributed by atoms with Gasteiger partial charge in [0, 0.05) is 25.2 Å². The molecule has 2 aliphatic heterocycles. The summed E-state index contributed by atoms with van der Waals surface area (Å²) < 4.78 is 54.4. The molecule has 0 atom stereocenters. The van der Waals surface area contributed by atoms with Crippen molar-refractivity contribution in [1.29, 1.82) is 0 Å². The van der Waals surface area contributed by atoms with Crippen LogP contribution in [0.3, 0.4) is 0 Å². The lowest BCUT2D eigenvalue weighted by atomic mass is 10.1. The third-order valence-electron chi connectivity index (χ3n) is 5.75. The summed E-state index contributed by atoms with van der Waals surface area (Å²) in [5.41, 5.74) is 0. The van der Waals surface area contributed by atoms with Crippen molar-refractivity contribution in [3.8, 4) is 0 Å². The summed E-state index contributed by atoms with van der Waals surface area (Å²) >= 11 is 0. The van der Waals surface area contributed by atoms with Crippen LogP contribution in [0.15, 0.2) is 34.1 Å². The molecule has 1 saturated carbocycles. The molecule has 0 aromatic heterocycles. The Labute approximate surface area is 161 Å². The van der Waals surface area contributed by atoms with E-state index in [0.717, 1.165) is 38.8 Å². The molecule has 0 radical (unpaired) electrons. The Morgan fingerprint density at radius 2 is 1.33 bits per heavy atom. The first-order valence-corrected chi connectivity index (χ1v) is 12.7. The first-order valence-electron chi connectivity index (χ1n) is 9.73. The standard InChI is InChI=1S/C18H27N3O4S2/c22-26(23,19-15-3-4-15)17-5-7-18(8-6-17)27(24,25)21-13-9-16(10-14-21)20-11-1-2-12-20/h5-8,15-16,19H,1-4,9-14H2. The van der Waals surface area contributed by atoms with E-state index >= 15 is 0 Å². The molecule has 1 aromatic rings. The molecule has 2 heterocycles. The predicted octanol–water partition coefficient (Wildman–Crippen LogP) is 1.38. The van der Waals surface area contributed by atoms with Crippen LogP contribution in [0.1, 0.15) is 38.5 Å². The second kappa shape index (κ2) is 7.44. The van der Waals surface area contributed by atoms with E-state index in [1.165, 1.54) is 41.4 Å². The second-order valence-corrected chi connectivity index (χ2v) is 11.4. The van der Waals surface area contributed by atoms with Crippen molar-refractivity contribution in [2.45, 2.75) is 60.4 Å². The quantitative estimate of drug-likeness (QED) is 0.761. The van der Waals surface area contributed by atoms with Crippen molar-refractivity contribution in [3.05, 3.63) is 24.3 Å². The highest BCUT2D eigenvalue weighted by Crippen LogP contribution is 2.26. The van der Waals surface area contributed by atoms with E-state index in [4.69, 9.17) is 0 Å². The van der Waals surface area contributed by atoms with Gasteiger partial charge in [0.15, 0.2) is 0 Å². The monoisotopic (exact) mass is 413 g/mol. The molecule has 0 spiro atoms. The third-order valence-corrected chi connectivity index (χ3v) is 9.20. The van der Waals surface area contributed by atoms with Crippen molar-refractivity contribution >= 4 is 20.0 Å². The molecule has 3 aliphatic rings. The molecule has 27 heavy (non-hydrogen) atoms. The maximum Gasteiger partial charge on any atom is 0.243 e. The Morgan fingerprint density at radius 1 is 0.778 bits per heavy atom. The van der Waals surface area contributed by atoms with E-state index < -0.39 is 20.0 Å². The summed E-state index contributed by atoms with van der Waals surface area (Å²) in [6.07, 6.45) is 5.92. The number of nitrogens with one attached hydrogen (secondary N) is 1. The molecule has 1 aliphatic carbocycles. The molecule has 0 unspecified atom stereocenters. The van der Waals surface area contributed by atoms with Gasteiger partial charge in [-0.1, -0.05) is 0 Å². The number of hydrogen-bond acceptors (Lipinski definition) is 5. The van der Waals surface area contributed by atoms with Gasteiger partial charge in [0.25, 0.3) is 0 Å². The number of sulfonamides is 2. The second-order valence-electron chi connectivity index (χ2n) is 7.75. The maximum absolute atomic E-state index is 12.9. The van der Waals surface area contributed by atoms with Crippen molar-refractivity contribution in [3.63, 3.8) is 0 Å². The van der Waals surface area contributed by atoms with Crippen LogP contribution in [0, 0.1) is 0 Å². The molecule has 0 amide bonds. The summed E-state index contributed by atoms with van der Waals surface area (Å²) in [6, 6.07) is 6.09.